The summed E-state index contributed by atoms with van der Waals surface area (Å²) in [4.78, 5) is 17.1. The molecule has 0 N–H and O–H groups in total. The molecule has 3 rings (SSSR count). The van der Waals surface area contributed by atoms with E-state index in [1.807, 2.05) is 0 Å². The molecule has 0 bridgehead atoms. The highest BCUT2D eigenvalue weighted by molar-refractivity contribution is 5.76. The van der Waals surface area contributed by atoms with Crippen molar-refractivity contribution >= 4 is 5.91 Å². The number of carbonyl (C=O) groups excluding carboxylic acids is 1. The second-order valence-corrected chi connectivity index (χ2v) is 7.76. The highest BCUT2D eigenvalue weighted by atomic mass is 16.2. The summed E-state index contributed by atoms with van der Waals surface area (Å²) in [6.07, 6.45) is 15.8. The number of likely N-dealkylation sites (tertiary alicyclic amines) is 2. The number of hydrogen-bond acceptors (Lipinski definition) is 2. The standard InChI is InChI=1S/C19H34N2O/c22-19(21-12-5-2-6-13-21)11-15-20-14-7-10-18(20)16-17-8-3-1-4-9-17/h17-18H,1-16H2/t18-/m0/s1. The lowest BCUT2D eigenvalue weighted by atomic mass is 9.84. The van der Waals surface area contributed by atoms with E-state index in [1.54, 1.807) is 0 Å². The predicted octanol–water partition coefficient (Wildman–Crippen LogP) is 3.82. The van der Waals surface area contributed by atoms with Crippen LogP contribution in [0.4, 0.5) is 0 Å². The summed E-state index contributed by atoms with van der Waals surface area (Å²) in [6.45, 7) is 4.24. The van der Waals surface area contributed by atoms with Crippen molar-refractivity contribution in [3.63, 3.8) is 0 Å². The van der Waals surface area contributed by atoms with E-state index in [-0.39, 0.29) is 0 Å². The summed E-state index contributed by atoms with van der Waals surface area (Å²) in [5.74, 6) is 1.38. The first-order valence-electron chi connectivity index (χ1n) is 9.85. The van der Waals surface area contributed by atoms with Crippen LogP contribution < -0.4 is 0 Å². The first-order chi connectivity index (χ1) is 10.8. The van der Waals surface area contributed by atoms with Gasteiger partial charge in [-0.3, -0.25) is 9.69 Å². The van der Waals surface area contributed by atoms with Crippen LogP contribution in [0.1, 0.15) is 77.0 Å². The van der Waals surface area contributed by atoms with Crippen LogP contribution in [0.15, 0.2) is 0 Å². The van der Waals surface area contributed by atoms with E-state index >= 15 is 0 Å². The Kier molecular flexibility index (Phi) is 6.17. The normalized spacial score (nSPS) is 28.2. The topological polar surface area (TPSA) is 23.6 Å². The molecule has 0 radical (unpaired) electrons. The first-order valence-corrected chi connectivity index (χ1v) is 9.85. The maximum atomic E-state index is 12.4. The zero-order valence-electron chi connectivity index (χ0n) is 14.3. The largest absolute Gasteiger partial charge is 0.343 e. The van der Waals surface area contributed by atoms with E-state index in [0.29, 0.717) is 5.91 Å². The van der Waals surface area contributed by atoms with E-state index in [1.165, 1.54) is 77.2 Å². The van der Waals surface area contributed by atoms with E-state index in [4.69, 9.17) is 0 Å². The summed E-state index contributed by atoms with van der Waals surface area (Å²) in [5, 5.41) is 0. The molecule has 2 aliphatic heterocycles. The molecule has 22 heavy (non-hydrogen) atoms. The van der Waals surface area contributed by atoms with Crippen molar-refractivity contribution < 1.29 is 4.79 Å². The molecule has 0 unspecified atom stereocenters. The van der Waals surface area contributed by atoms with Crippen molar-refractivity contribution in [3.8, 4) is 0 Å². The molecule has 1 amide bonds. The Hall–Kier alpha value is -0.570. The average Bonchev–Trinajstić information content (AvgIpc) is 3.01. The molecular weight excluding hydrogens is 272 g/mol. The fourth-order valence-electron chi connectivity index (χ4n) is 4.80. The van der Waals surface area contributed by atoms with Gasteiger partial charge >= 0.3 is 0 Å². The Bertz CT molecular complexity index is 345. The van der Waals surface area contributed by atoms with Gasteiger partial charge in [-0.25, -0.2) is 0 Å². The molecule has 2 saturated heterocycles. The van der Waals surface area contributed by atoms with Gasteiger partial charge in [0.2, 0.25) is 5.91 Å². The zero-order valence-corrected chi connectivity index (χ0v) is 14.3. The molecule has 1 atom stereocenters. The molecule has 3 nitrogen and oxygen atoms in total. The third kappa shape index (κ3) is 4.47. The number of carbonyl (C=O) groups is 1. The second kappa shape index (κ2) is 8.33. The van der Waals surface area contributed by atoms with Gasteiger partial charge in [0.1, 0.15) is 0 Å². The van der Waals surface area contributed by atoms with Gasteiger partial charge in [-0.2, -0.15) is 0 Å². The summed E-state index contributed by atoms with van der Waals surface area (Å²) in [7, 11) is 0. The maximum Gasteiger partial charge on any atom is 0.223 e. The predicted molar refractivity (Wildman–Crippen MR) is 90.8 cm³/mol. The third-order valence-corrected chi connectivity index (χ3v) is 6.15. The van der Waals surface area contributed by atoms with Crippen LogP contribution >= 0.6 is 0 Å². The SMILES string of the molecule is O=C(CCN1CCC[C@H]1CC1CCCCC1)N1CCCCC1. The lowest BCUT2D eigenvalue weighted by Gasteiger charge is -2.31. The summed E-state index contributed by atoms with van der Waals surface area (Å²) >= 11 is 0. The van der Waals surface area contributed by atoms with Gasteiger partial charge in [0.25, 0.3) is 0 Å². The Labute approximate surface area is 136 Å². The molecular formula is C19H34N2O. The van der Waals surface area contributed by atoms with Crippen LogP contribution in [-0.4, -0.2) is 47.9 Å². The van der Waals surface area contributed by atoms with E-state index in [9.17, 15) is 4.79 Å². The van der Waals surface area contributed by atoms with Crippen LogP contribution in [-0.2, 0) is 4.79 Å². The van der Waals surface area contributed by atoms with Gasteiger partial charge in [0, 0.05) is 32.1 Å². The highest BCUT2D eigenvalue weighted by Gasteiger charge is 2.28. The fraction of sp³-hybridized carbons (Fsp3) is 0.947. The number of nitrogens with zero attached hydrogens (tertiary/aromatic N) is 2. The van der Waals surface area contributed by atoms with Crippen molar-refractivity contribution in [2.45, 2.75) is 83.1 Å². The van der Waals surface area contributed by atoms with E-state index in [0.717, 1.165) is 38.0 Å². The van der Waals surface area contributed by atoms with Gasteiger partial charge < -0.3 is 4.90 Å². The number of piperidine rings is 1. The van der Waals surface area contributed by atoms with Crippen LogP contribution in [0.25, 0.3) is 0 Å². The monoisotopic (exact) mass is 306 g/mol. The quantitative estimate of drug-likeness (QED) is 0.771. The number of amides is 1. The van der Waals surface area contributed by atoms with E-state index < -0.39 is 0 Å². The lowest BCUT2D eigenvalue weighted by molar-refractivity contribution is -0.132. The van der Waals surface area contributed by atoms with Gasteiger partial charge in [0.15, 0.2) is 0 Å². The molecule has 0 aromatic heterocycles. The van der Waals surface area contributed by atoms with Gasteiger partial charge in [-0.15, -0.1) is 0 Å². The van der Waals surface area contributed by atoms with Crippen LogP contribution in [0.3, 0.4) is 0 Å². The Morgan fingerprint density at radius 3 is 2.32 bits per heavy atom. The summed E-state index contributed by atoms with van der Waals surface area (Å²) < 4.78 is 0. The Balaban J connectivity index is 1.41. The molecule has 2 heterocycles. The zero-order chi connectivity index (χ0) is 15.2. The molecule has 3 aliphatic rings. The minimum absolute atomic E-state index is 0.406. The summed E-state index contributed by atoms with van der Waals surface area (Å²) in [5.41, 5.74) is 0. The fourth-order valence-corrected chi connectivity index (χ4v) is 4.80. The first kappa shape index (κ1) is 16.3. The van der Waals surface area contributed by atoms with Crippen molar-refractivity contribution in [3.05, 3.63) is 0 Å². The van der Waals surface area contributed by atoms with Crippen molar-refractivity contribution in [1.82, 2.24) is 9.80 Å². The van der Waals surface area contributed by atoms with E-state index in [2.05, 4.69) is 9.80 Å². The minimum atomic E-state index is 0.406. The van der Waals surface area contributed by atoms with Gasteiger partial charge in [-0.05, 0) is 51.0 Å². The third-order valence-electron chi connectivity index (χ3n) is 6.15. The highest BCUT2D eigenvalue weighted by Crippen LogP contribution is 2.32. The van der Waals surface area contributed by atoms with Crippen LogP contribution in [0.5, 0.6) is 0 Å². The van der Waals surface area contributed by atoms with Crippen LogP contribution in [0, 0.1) is 5.92 Å². The van der Waals surface area contributed by atoms with Crippen molar-refractivity contribution in [2.24, 2.45) is 5.92 Å². The molecule has 1 aliphatic carbocycles. The molecule has 0 aromatic rings. The molecule has 0 spiro atoms. The molecule has 3 fully saturated rings. The number of rotatable bonds is 5. The minimum Gasteiger partial charge on any atom is -0.343 e. The van der Waals surface area contributed by atoms with Crippen LogP contribution in [0.2, 0.25) is 0 Å². The van der Waals surface area contributed by atoms with Crippen molar-refractivity contribution in [2.75, 3.05) is 26.2 Å². The Morgan fingerprint density at radius 1 is 0.818 bits per heavy atom. The summed E-state index contributed by atoms with van der Waals surface area (Å²) in [6, 6.07) is 0.775. The Morgan fingerprint density at radius 2 is 1.55 bits per heavy atom. The maximum absolute atomic E-state index is 12.4. The van der Waals surface area contributed by atoms with Crippen molar-refractivity contribution in [1.29, 1.82) is 0 Å². The van der Waals surface area contributed by atoms with Gasteiger partial charge in [0.05, 0.1) is 0 Å². The molecule has 0 aromatic carbocycles. The lowest BCUT2D eigenvalue weighted by Crippen LogP contribution is -2.39. The molecule has 3 heteroatoms. The molecule has 126 valence electrons. The second-order valence-electron chi connectivity index (χ2n) is 7.76. The number of hydrogen-bond donors (Lipinski definition) is 0. The average molecular weight is 306 g/mol. The smallest absolute Gasteiger partial charge is 0.223 e. The van der Waals surface area contributed by atoms with Gasteiger partial charge in [-0.1, -0.05) is 32.1 Å². The molecule has 1 saturated carbocycles.